The predicted molar refractivity (Wildman–Crippen MR) is 175 cm³/mol. The van der Waals surface area contributed by atoms with Gasteiger partial charge in [0.25, 0.3) is 0 Å². The molecule has 3 aromatic rings. The van der Waals surface area contributed by atoms with Gasteiger partial charge in [0.1, 0.15) is 17.5 Å². The quantitative estimate of drug-likeness (QED) is 0.254. The minimum Gasteiger partial charge on any atom is -0.352 e. The van der Waals surface area contributed by atoms with E-state index in [0.29, 0.717) is 18.7 Å². The molecule has 4 heterocycles. The number of thioether (sulfide) groups is 1. The molecule has 3 aliphatic heterocycles. The van der Waals surface area contributed by atoms with Gasteiger partial charge < -0.3 is 9.80 Å². The number of hydrogen-bond donors (Lipinski definition) is 0. The average molecular weight is 689 g/mol. The van der Waals surface area contributed by atoms with Crippen LogP contribution in [0.15, 0.2) is 46.6 Å². The van der Waals surface area contributed by atoms with E-state index in [1.807, 2.05) is 13.8 Å². The van der Waals surface area contributed by atoms with Crippen LogP contribution in [0.5, 0.6) is 0 Å². The molecule has 3 atom stereocenters. The van der Waals surface area contributed by atoms with Gasteiger partial charge in [-0.1, -0.05) is 6.58 Å². The van der Waals surface area contributed by atoms with Crippen molar-refractivity contribution in [3.63, 3.8) is 0 Å². The van der Waals surface area contributed by atoms with Crippen molar-refractivity contribution in [2.45, 2.75) is 61.9 Å². The highest BCUT2D eigenvalue weighted by atomic mass is 32.2. The van der Waals surface area contributed by atoms with Gasteiger partial charge >= 0.3 is 11.9 Å². The summed E-state index contributed by atoms with van der Waals surface area (Å²) < 4.78 is 75.7. The van der Waals surface area contributed by atoms with Crippen molar-refractivity contribution in [2.24, 2.45) is 0 Å². The third kappa shape index (κ3) is 5.89. The molecule has 1 saturated carbocycles. The van der Waals surface area contributed by atoms with Gasteiger partial charge in [-0.2, -0.15) is 18.2 Å². The predicted octanol–water partition coefficient (Wildman–Crippen LogP) is 5.40. The van der Waals surface area contributed by atoms with Gasteiger partial charge in [-0.15, -0.1) is 11.8 Å². The lowest BCUT2D eigenvalue weighted by Crippen LogP contribution is -2.58. The first-order valence-electron chi connectivity index (χ1n) is 16.3. The fraction of sp³-hybridized carbons (Fsp3) is 0.500. The Hall–Kier alpha value is -3.49. The van der Waals surface area contributed by atoms with Gasteiger partial charge in [0.2, 0.25) is 5.91 Å². The van der Waals surface area contributed by atoms with Crippen molar-refractivity contribution in [1.29, 1.82) is 0 Å². The first-order valence-corrected chi connectivity index (χ1v) is 17.3. The van der Waals surface area contributed by atoms with E-state index in [9.17, 15) is 27.2 Å². The molecule has 0 spiro atoms. The van der Waals surface area contributed by atoms with Crippen LogP contribution in [0.2, 0.25) is 0 Å². The molecule has 0 unspecified atom stereocenters. The van der Waals surface area contributed by atoms with E-state index in [4.69, 9.17) is 0 Å². The van der Waals surface area contributed by atoms with Gasteiger partial charge in [-0.25, -0.2) is 13.6 Å². The highest BCUT2D eigenvalue weighted by Gasteiger charge is 2.41. The molecular formula is C34H37F5N6O2S. The summed E-state index contributed by atoms with van der Waals surface area (Å²) in [5.74, 6) is -1.93. The molecule has 1 aliphatic carbocycles. The Balaban J connectivity index is 1.40. The van der Waals surface area contributed by atoms with Crippen LogP contribution in [-0.2, 0) is 11.0 Å². The van der Waals surface area contributed by atoms with Crippen molar-refractivity contribution >= 4 is 34.4 Å². The molecule has 2 saturated heterocycles. The summed E-state index contributed by atoms with van der Waals surface area (Å²) in [5.41, 5.74) is -2.23. The number of anilines is 1. The summed E-state index contributed by atoms with van der Waals surface area (Å²) in [5, 5.41) is 0.127. The zero-order valence-corrected chi connectivity index (χ0v) is 27.6. The zero-order valence-electron chi connectivity index (χ0n) is 26.8. The highest BCUT2D eigenvalue weighted by molar-refractivity contribution is 7.99. The average Bonchev–Trinajstić information content (AvgIpc) is 3.88. The summed E-state index contributed by atoms with van der Waals surface area (Å²) in [6, 6.07) is 3.05. The summed E-state index contributed by atoms with van der Waals surface area (Å²) in [7, 11) is 0. The molecule has 1 amide bonds. The number of carbonyl (C=O) groups is 1. The third-order valence-electron chi connectivity index (χ3n) is 10.0. The monoisotopic (exact) mass is 688 g/mol. The maximum Gasteiger partial charge on any atom is 0.417 e. The van der Waals surface area contributed by atoms with E-state index >= 15 is 4.39 Å². The summed E-state index contributed by atoms with van der Waals surface area (Å²) in [6.07, 6.45) is -1.25. The molecule has 256 valence electrons. The highest BCUT2D eigenvalue weighted by Crippen LogP contribution is 2.50. The second kappa shape index (κ2) is 12.4. The normalized spacial score (nSPS) is 23.9. The van der Waals surface area contributed by atoms with Gasteiger partial charge in [-0.3, -0.25) is 19.2 Å². The van der Waals surface area contributed by atoms with Crippen molar-refractivity contribution < 1.29 is 26.7 Å². The minimum atomic E-state index is -4.91. The van der Waals surface area contributed by atoms with Crippen LogP contribution >= 0.6 is 11.8 Å². The molecule has 3 fully saturated rings. The number of nitrogens with zero attached hydrogens (tertiary/aromatic N) is 6. The summed E-state index contributed by atoms with van der Waals surface area (Å²) in [6.45, 7) is 11.7. The van der Waals surface area contributed by atoms with Crippen LogP contribution in [0.4, 0.5) is 27.8 Å². The van der Waals surface area contributed by atoms with Crippen molar-refractivity contribution in [2.75, 3.05) is 56.5 Å². The number of hydrogen-bond acceptors (Lipinski definition) is 7. The Morgan fingerprint density at radius 1 is 1.06 bits per heavy atom. The SMILES string of the molecule is C=CC(=O)N1[C@H](C)CN(c2nc(=O)n3c4c(c(-c5ccc(F)cc5F)c(C(F)(F)F)cc24)SC[C@@H]3CN2CCN(C3CC3)CC2)C[C@@H]1C. The second-order valence-electron chi connectivity index (χ2n) is 13.3. The zero-order chi connectivity index (χ0) is 34.1. The number of aromatic nitrogens is 2. The van der Waals surface area contributed by atoms with E-state index in [-0.39, 0.29) is 64.0 Å². The molecule has 4 aliphatic rings. The molecule has 14 heteroatoms. The van der Waals surface area contributed by atoms with Crippen molar-refractivity contribution in [1.82, 2.24) is 24.3 Å². The largest absolute Gasteiger partial charge is 0.417 e. The molecule has 8 nitrogen and oxygen atoms in total. The number of halogens is 5. The molecule has 2 aromatic carbocycles. The van der Waals surface area contributed by atoms with E-state index in [1.54, 1.807) is 9.80 Å². The standard InChI is InChI=1S/C34H37F5N6O2S/c1-4-28(46)44-19(2)15-43(16-20(44)3)32-25-14-26(34(37,38)39)29(24-8-5-21(35)13-27(24)36)31-30(25)45(33(47)40-32)23(18-48-31)17-41-9-11-42(12-10-41)22-6-7-22/h4-5,8,13-14,19-20,22-23H,1,6-7,9-12,15-18H2,2-3H3/t19-,20+,23-/m0/s1. The number of carbonyl (C=O) groups excluding carboxylic acids is 1. The van der Waals surface area contributed by atoms with Gasteiger partial charge in [0, 0.05) is 97.2 Å². The van der Waals surface area contributed by atoms with Gasteiger partial charge in [0.05, 0.1) is 17.1 Å². The number of amides is 1. The first-order chi connectivity index (χ1) is 22.8. The lowest BCUT2D eigenvalue weighted by molar-refractivity contribution is -0.137. The second-order valence-corrected chi connectivity index (χ2v) is 14.3. The van der Waals surface area contributed by atoms with Crippen LogP contribution < -0.4 is 10.6 Å². The van der Waals surface area contributed by atoms with Crippen LogP contribution in [0.3, 0.4) is 0 Å². The Kier molecular flexibility index (Phi) is 8.56. The number of alkyl halides is 3. The summed E-state index contributed by atoms with van der Waals surface area (Å²) in [4.78, 5) is 39.5. The Labute approximate surface area is 279 Å². The van der Waals surface area contributed by atoms with E-state index < -0.39 is 40.7 Å². The Bertz CT molecular complexity index is 1830. The third-order valence-corrected chi connectivity index (χ3v) is 11.3. The lowest BCUT2D eigenvalue weighted by Gasteiger charge is -2.45. The fourth-order valence-electron chi connectivity index (χ4n) is 7.73. The lowest BCUT2D eigenvalue weighted by atomic mass is 9.95. The van der Waals surface area contributed by atoms with Crippen molar-refractivity contribution in [3.8, 4) is 11.1 Å². The van der Waals surface area contributed by atoms with Crippen molar-refractivity contribution in [3.05, 3.63) is 64.6 Å². The van der Waals surface area contributed by atoms with Crippen LogP contribution in [0.1, 0.15) is 38.3 Å². The molecule has 1 aromatic heterocycles. The van der Waals surface area contributed by atoms with E-state index in [0.717, 1.165) is 56.1 Å². The van der Waals surface area contributed by atoms with Gasteiger partial charge in [-0.05, 0) is 51.0 Å². The maximum atomic E-state index is 15.3. The van der Waals surface area contributed by atoms with Crippen LogP contribution in [0.25, 0.3) is 22.0 Å². The van der Waals surface area contributed by atoms with Gasteiger partial charge in [0.15, 0.2) is 0 Å². The van der Waals surface area contributed by atoms with Crippen LogP contribution in [0, 0.1) is 11.6 Å². The Morgan fingerprint density at radius 2 is 1.75 bits per heavy atom. The topological polar surface area (TPSA) is 64.9 Å². The summed E-state index contributed by atoms with van der Waals surface area (Å²) >= 11 is 1.16. The fourth-order valence-corrected chi connectivity index (χ4v) is 9.06. The molecule has 0 bridgehead atoms. The molecule has 0 N–H and O–H groups in total. The Morgan fingerprint density at radius 3 is 2.35 bits per heavy atom. The van der Waals surface area contributed by atoms with Crippen LogP contribution in [-0.4, -0.2) is 99.8 Å². The number of benzene rings is 2. The molecule has 7 rings (SSSR count). The first kappa shape index (κ1) is 33.0. The molecule has 0 radical (unpaired) electrons. The number of rotatable bonds is 6. The number of piperazine rings is 2. The maximum absolute atomic E-state index is 15.3. The molecular weight excluding hydrogens is 651 g/mol. The smallest absolute Gasteiger partial charge is 0.352 e. The van der Waals surface area contributed by atoms with E-state index in [2.05, 4.69) is 21.4 Å². The van der Waals surface area contributed by atoms with E-state index in [1.165, 1.54) is 23.5 Å². The minimum absolute atomic E-state index is 0.0906. The molecule has 48 heavy (non-hydrogen) atoms.